The van der Waals surface area contributed by atoms with E-state index in [0.717, 1.165) is 31.2 Å². The molecule has 0 radical (unpaired) electrons. The number of ether oxygens (including phenoxy) is 2. The van der Waals surface area contributed by atoms with Gasteiger partial charge in [0.25, 0.3) is 0 Å². The van der Waals surface area contributed by atoms with Gasteiger partial charge in [-0.1, -0.05) is 58.6 Å². The van der Waals surface area contributed by atoms with Gasteiger partial charge in [0.1, 0.15) is 11.6 Å². The van der Waals surface area contributed by atoms with Crippen molar-refractivity contribution in [3.63, 3.8) is 0 Å². The van der Waals surface area contributed by atoms with E-state index in [2.05, 4.69) is 59.6 Å². The van der Waals surface area contributed by atoms with Crippen LogP contribution in [0.15, 0.2) is 36.9 Å². The van der Waals surface area contributed by atoms with Crippen LogP contribution in [0.5, 0.6) is 0 Å². The van der Waals surface area contributed by atoms with Crippen molar-refractivity contribution in [2.75, 3.05) is 6.67 Å². The average Bonchev–Trinajstić information content (AvgIpc) is 3.08. The van der Waals surface area contributed by atoms with Crippen LogP contribution in [0.3, 0.4) is 0 Å². The number of alkyl halides is 1. The first-order valence-electron chi connectivity index (χ1n) is 11.1. The predicted molar refractivity (Wildman–Crippen MR) is 132 cm³/mol. The summed E-state index contributed by atoms with van der Waals surface area (Å²) in [5, 5.41) is 0. The summed E-state index contributed by atoms with van der Waals surface area (Å²) < 4.78 is 23.1. The van der Waals surface area contributed by atoms with Crippen LogP contribution in [0.2, 0.25) is 0 Å². The molecule has 1 aliphatic heterocycles. The first kappa shape index (κ1) is 27.4. The minimum atomic E-state index is -0.902. The number of hydrogen-bond acceptors (Lipinski definition) is 3. The van der Waals surface area contributed by atoms with Crippen LogP contribution in [0.25, 0.3) is 6.08 Å². The lowest BCUT2D eigenvalue weighted by atomic mass is 9.98. The Morgan fingerprint density at radius 2 is 2.16 bits per heavy atom. The van der Waals surface area contributed by atoms with Crippen LogP contribution in [0, 0.1) is 0 Å². The highest BCUT2D eigenvalue weighted by molar-refractivity contribution is 7.21. The van der Waals surface area contributed by atoms with Crippen LogP contribution in [0.4, 0.5) is 4.39 Å². The Hall–Kier alpha value is -1.61. The summed E-state index contributed by atoms with van der Waals surface area (Å²) in [6.07, 6.45) is 10.2. The zero-order chi connectivity index (χ0) is 23.4. The molecule has 0 saturated carbocycles. The number of hydrogen-bond donors (Lipinski definition) is 0. The summed E-state index contributed by atoms with van der Waals surface area (Å²) in [7, 11) is 3.68. The zero-order valence-corrected chi connectivity index (χ0v) is 20.7. The number of rotatable bonds is 10. The molecule has 0 N–H and O–H groups in total. The van der Waals surface area contributed by atoms with Gasteiger partial charge < -0.3 is 9.47 Å². The van der Waals surface area contributed by atoms with Crippen molar-refractivity contribution in [3.8, 4) is 0 Å². The SMILES string of the molecule is C=CCC(C)OC(=P)c1c(/C=C/C)cccc1CCC.CC1(C)CCC(C(=O)CF)O1. The van der Waals surface area contributed by atoms with Crippen molar-refractivity contribution < 1.29 is 18.7 Å². The van der Waals surface area contributed by atoms with Gasteiger partial charge in [0.15, 0.2) is 12.5 Å². The van der Waals surface area contributed by atoms with E-state index in [9.17, 15) is 9.18 Å². The summed E-state index contributed by atoms with van der Waals surface area (Å²) in [6.45, 7) is 13.0. The molecule has 2 atom stereocenters. The molecule has 172 valence electrons. The van der Waals surface area contributed by atoms with Gasteiger partial charge in [-0.05, 0) is 64.5 Å². The molecule has 3 nitrogen and oxygen atoms in total. The minimum Gasteiger partial charge on any atom is -0.364 e. The molecule has 1 saturated heterocycles. The maximum Gasteiger partial charge on any atom is 0.192 e. The van der Waals surface area contributed by atoms with Gasteiger partial charge in [0.05, 0.1) is 11.7 Å². The molecule has 1 aromatic rings. The van der Waals surface area contributed by atoms with Gasteiger partial charge in [-0.2, -0.15) is 0 Å². The van der Waals surface area contributed by atoms with Crippen LogP contribution >= 0.6 is 8.86 Å². The second-order valence-corrected chi connectivity index (χ2v) is 8.87. The second kappa shape index (κ2) is 13.7. The van der Waals surface area contributed by atoms with E-state index in [1.54, 1.807) is 0 Å². The molecule has 0 amide bonds. The quantitative estimate of drug-likeness (QED) is 0.293. The first-order chi connectivity index (χ1) is 14.7. The number of allylic oxidation sites excluding steroid dienone is 1. The highest BCUT2D eigenvalue weighted by atomic mass is 31.0. The van der Waals surface area contributed by atoms with Gasteiger partial charge >= 0.3 is 0 Å². The smallest absolute Gasteiger partial charge is 0.192 e. The summed E-state index contributed by atoms with van der Waals surface area (Å²) in [5.41, 5.74) is 4.25. The van der Waals surface area contributed by atoms with Crippen molar-refractivity contribution >= 4 is 26.2 Å². The van der Waals surface area contributed by atoms with E-state index in [1.807, 2.05) is 26.8 Å². The Kier molecular flexibility index (Phi) is 12.1. The average molecular weight is 449 g/mol. The maximum atomic E-state index is 11.9. The molecule has 1 heterocycles. The molecular formula is C26H38FO3P. The van der Waals surface area contributed by atoms with Gasteiger partial charge in [-0.25, -0.2) is 4.39 Å². The molecule has 0 bridgehead atoms. The van der Waals surface area contributed by atoms with Crippen molar-refractivity contribution in [2.24, 2.45) is 0 Å². The number of halogens is 1. The first-order valence-corrected chi connectivity index (χ1v) is 11.6. The number of benzene rings is 1. The lowest BCUT2D eigenvalue weighted by Gasteiger charge is -2.18. The monoisotopic (exact) mass is 448 g/mol. The fourth-order valence-electron chi connectivity index (χ4n) is 3.53. The predicted octanol–water partition coefficient (Wildman–Crippen LogP) is 6.76. The topological polar surface area (TPSA) is 35.5 Å². The minimum absolute atomic E-state index is 0.119. The van der Waals surface area contributed by atoms with Crippen molar-refractivity contribution in [1.82, 2.24) is 0 Å². The highest BCUT2D eigenvalue weighted by Crippen LogP contribution is 2.29. The Labute approximate surface area is 189 Å². The number of Topliss-reactive ketones (excluding diaryl/α,β-unsaturated/α-hetero) is 1. The summed E-state index contributed by atoms with van der Waals surface area (Å²) in [5.74, 6) is -0.421. The Bertz CT molecular complexity index is 770. The third kappa shape index (κ3) is 9.19. The molecule has 0 aliphatic carbocycles. The van der Waals surface area contributed by atoms with Gasteiger partial charge in [0, 0.05) is 5.56 Å². The van der Waals surface area contributed by atoms with E-state index in [4.69, 9.17) is 9.47 Å². The Balaban J connectivity index is 0.000000367. The van der Waals surface area contributed by atoms with Gasteiger partial charge in [-0.3, -0.25) is 4.79 Å². The molecule has 1 aliphatic rings. The molecule has 0 aromatic heterocycles. The lowest BCUT2D eigenvalue weighted by Crippen LogP contribution is -2.26. The summed E-state index contributed by atoms with van der Waals surface area (Å²) >= 11 is 0. The molecule has 2 rings (SSSR count). The Morgan fingerprint density at radius 1 is 1.45 bits per heavy atom. The molecule has 1 fully saturated rings. The molecule has 2 unspecified atom stereocenters. The van der Waals surface area contributed by atoms with Crippen LogP contribution in [-0.4, -0.2) is 35.7 Å². The maximum absolute atomic E-state index is 11.9. The summed E-state index contributed by atoms with van der Waals surface area (Å²) in [4.78, 5) is 10.8. The second-order valence-electron chi connectivity index (χ2n) is 8.42. The van der Waals surface area contributed by atoms with Crippen LogP contribution < -0.4 is 0 Å². The third-order valence-electron chi connectivity index (χ3n) is 5.05. The van der Waals surface area contributed by atoms with E-state index < -0.39 is 18.6 Å². The van der Waals surface area contributed by atoms with E-state index in [0.29, 0.717) is 6.42 Å². The lowest BCUT2D eigenvalue weighted by molar-refractivity contribution is -0.133. The molecule has 0 spiro atoms. The number of aryl methyl sites for hydroxylation is 1. The van der Waals surface area contributed by atoms with Crippen molar-refractivity contribution in [2.45, 2.75) is 84.5 Å². The van der Waals surface area contributed by atoms with Crippen LogP contribution in [-0.2, 0) is 20.7 Å². The number of ketones is 1. The zero-order valence-electron chi connectivity index (χ0n) is 19.7. The Morgan fingerprint density at radius 3 is 2.68 bits per heavy atom. The fraction of sp³-hybridized carbons (Fsp3) is 0.538. The van der Waals surface area contributed by atoms with E-state index in [-0.39, 0.29) is 11.7 Å². The molecular weight excluding hydrogens is 410 g/mol. The molecule has 31 heavy (non-hydrogen) atoms. The van der Waals surface area contributed by atoms with Crippen molar-refractivity contribution in [1.29, 1.82) is 0 Å². The van der Waals surface area contributed by atoms with Crippen molar-refractivity contribution in [3.05, 3.63) is 53.6 Å². The number of carbonyl (C=O) groups excluding carboxylic acids is 1. The summed E-state index contributed by atoms with van der Waals surface area (Å²) in [6, 6.07) is 6.40. The van der Waals surface area contributed by atoms with Crippen LogP contribution in [0.1, 0.15) is 77.0 Å². The van der Waals surface area contributed by atoms with E-state index >= 15 is 0 Å². The third-order valence-corrected chi connectivity index (χ3v) is 5.42. The largest absolute Gasteiger partial charge is 0.364 e. The van der Waals surface area contributed by atoms with Gasteiger partial charge in [-0.15, -0.1) is 6.58 Å². The normalized spacial score (nSPS) is 18.3. The fourth-order valence-corrected chi connectivity index (χ4v) is 4.04. The standard InChI is InChI=1S/C18H25OP.C8H13FO2/c1-5-9-14(4)19-18(20)17-15(10-6-2)12-8-13-16(17)11-7-3;1-8(2)4-3-7(11-8)6(10)5-9/h5-6,8,10,12-14,20H,1,7,9,11H2,2-4H3;7H,3-5H2,1-2H3/b10-6+;. The molecule has 1 aromatic carbocycles. The number of carbonyl (C=O) groups is 1. The van der Waals surface area contributed by atoms with E-state index in [1.165, 1.54) is 16.7 Å². The van der Waals surface area contributed by atoms with Gasteiger partial charge in [0.2, 0.25) is 0 Å². The highest BCUT2D eigenvalue weighted by Gasteiger charge is 2.35. The molecule has 5 heteroatoms.